The molecular formula is C38H58CaO6. The van der Waals surface area contributed by atoms with Crippen molar-refractivity contribution in [1.29, 1.82) is 0 Å². The maximum atomic E-state index is 11.7. The third kappa shape index (κ3) is 21.6. The predicted octanol–water partition coefficient (Wildman–Crippen LogP) is 8.76. The summed E-state index contributed by atoms with van der Waals surface area (Å²) in [6, 6.07) is 8.63. The van der Waals surface area contributed by atoms with Gasteiger partial charge in [0.15, 0.2) is 0 Å². The van der Waals surface area contributed by atoms with Gasteiger partial charge in [0.1, 0.15) is 5.75 Å². The molecule has 0 fully saturated rings. The molecule has 0 aliphatic heterocycles. The molecule has 0 saturated carbocycles. The fourth-order valence-corrected chi connectivity index (χ4v) is 5.43. The molecule has 0 atom stereocenters. The van der Waals surface area contributed by atoms with Crippen molar-refractivity contribution >= 4 is 49.7 Å². The van der Waals surface area contributed by atoms with E-state index in [1.165, 1.54) is 133 Å². The standard InChI is InChI=1S/2C19H30O3.Ca/c2*1-2-3-4-5-6-7-8-9-10-11-12-16-15-17(19(21)22)13-14-18(16)20;/h2*13-15,20H,2-12H2,1H3,(H,21,22);/q;;+2/p-2. The molecule has 0 spiro atoms. The van der Waals surface area contributed by atoms with Crippen molar-refractivity contribution in [3.63, 3.8) is 0 Å². The summed E-state index contributed by atoms with van der Waals surface area (Å²) in [5.74, 6) is -2.02. The van der Waals surface area contributed by atoms with Crippen LogP contribution in [0.1, 0.15) is 174 Å². The Hall–Kier alpha value is -1.76. The Morgan fingerprint density at radius 2 is 0.956 bits per heavy atom. The number of hydrogen-bond acceptors (Lipinski definition) is 5. The molecule has 0 saturated heterocycles. The molecule has 0 amide bonds. The quantitative estimate of drug-likeness (QED) is 0.0866. The third-order valence-electron chi connectivity index (χ3n) is 8.22. The number of aromatic hydroxyl groups is 1. The molecular weight excluding hydrogens is 592 g/mol. The van der Waals surface area contributed by atoms with Crippen LogP contribution in [0, 0.1) is 0 Å². The maximum Gasteiger partial charge on any atom is 2.00 e. The molecule has 2 aromatic carbocycles. The van der Waals surface area contributed by atoms with Crippen molar-refractivity contribution in [1.82, 2.24) is 0 Å². The molecule has 6 nitrogen and oxygen atoms in total. The number of aryl methyl sites for hydroxylation is 2. The van der Waals surface area contributed by atoms with Gasteiger partial charge in [0.25, 0.3) is 0 Å². The first kappa shape index (κ1) is 43.2. The zero-order valence-corrected chi connectivity index (χ0v) is 30.5. The molecule has 248 valence electrons. The Balaban J connectivity index is 0.000000842. The largest absolute Gasteiger partial charge is 2.00 e. The molecule has 0 aliphatic carbocycles. The van der Waals surface area contributed by atoms with Gasteiger partial charge < -0.3 is 25.2 Å². The summed E-state index contributed by atoms with van der Waals surface area (Å²) in [4.78, 5) is 21.7. The molecule has 0 aromatic heterocycles. The van der Waals surface area contributed by atoms with E-state index in [-0.39, 0.29) is 60.4 Å². The predicted molar refractivity (Wildman–Crippen MR) is 182 cm³/mol. The third-order valence-corrected chi connectivity index (χ3v) is 8.22. The van der Waals surface area contributed by atoms with Crippen LogP contribution in [0.4, 0.5) is 0 Å². The molecule has 2 rings (SSSR count). The van der Waals surface area contributed by atoms with Gasteiger partial charge >= 0.3 is 43.7 Å². The summed E-state index contributed by atoms with van der Waals surface area (Å²) >= 11 is 0. The van der Waals surface area contributed by atoms with Crippen molar-refractivity contribution in [2.24, 2.45) is 0 Å². The maximum absolute atomic E-state index is 11.7. The van der Waals surface area contributed by atoms with Crippen molar-refractivity contribution in [3.8, 4) is 11.5 Å². The molecule has 7 heteroatoms. The van der Waals surface area contributed by atoms with E-state index >= 15 is 0 Å². The SMILES string of the molecule is CCCCCCCCCCCCc1cc(C(=O)O)ccc1O.CCCCCCCCCCCCc1cc(C(=O)[O-])ccc1[O-].[Ca+2]. The van der Waals surface area contributed by atoms with Crippen LogP contribution >= 0.6 is 0 Å². The molecule has 45 heavy (non-hydrogen) atoms. The van der Waals surface area contributed by atoms with Gasteiger partial charge in [0.05, 0.1) is 11.5 Å². The van der Waals surface area contributed by atoms with Crippen molar-refractivity contribution < 1.29 is 30.0 Å². The van der Waals surface area contributed by atoms with E-state index in [4.69, 9.17) is 5.11 Å². The van der Waals surface area contributed by atoms with Gasteiger partial charge in [-0.2, -0.15) is 0 Å². The molecule has 0 radical (unpaired) electrons. The first-order valence-electron chi connectivity index (χ1n) is 17.4. The second-order valence-corrected chi connectivity index (χ2v) is 12.1. The number of carboxylic acids is 2. The van der Waals surface area contributed by atoms with Gasteiger partial charge in [-0.15, -0.1) is 5.75 Å². The van der Waals surface area contributed by atoms with Gasteiger partial charge in [-0.3, -0.25) is 0 Å². The fraction of sp³-hybridized carbons (Fsp3) is 0.632. The number of aromatic carboxylic acids is 2. The van der Waals surface area contributed by atoms with Crippen LogP contribution in [0.2, 0.25) is 0 Å². The van der Waals surface area contributed by atoms with Crippen molar-refractivity contribution in [2.75, 3.05) is 0 Å². The summed E-state index contributed by atoms with van der Waals surface area (Å²) < 4.78 is 0. The first-order valence-corrected chi connectivity index (χ1v) is 17.4. The van der Waals surface area contributed by atoms with Crippen LogP contribution < -0.4 is 10.2 Å². The fourth-order valence-electron chi connectivity index (χ4n) is 5.43. The Morgan fingerprint density at radius 3 is 1.38 bits per heavy atom. The van der Waals surface area contributed by atoms with Crippen molar-refractivity contribution in [2.45, 2.75) is 155 Å². The number of carbonyl (C=O) groups is 2. The van der Waals surface area contributed by atoms with Gasteiger partial charge in [-0.25, -0.2) is 4.79 Å². The van der Waals surface area contributed by atoms with Crippen LogP contribution in [-0.2, 0) is 12.8 Å². The average Bonchev–Trinajstić information content (AvgIpc) is 3.00. The average molecular weight is 651 g/mol. The van der Waals surface area contributed by atoms with E-state index in [0.717, 1.165) is 37.7 Å². The van der Waals surface area contributed by atoms with Crippen LogP contribution in [-0.4, -0.2) is 59.9 Å². The summed E-state index contributed by atoms with van der Waals surface area (Å²) in [7, 11) is 0. The number of carbonyl (C=O) groups excluding carboxylic acids is 1. The summed E-state index contributed by atoms with van der Waals surface area (Å²) in [6.07, 6.45) is 26.6. The van der Waals surface area contributed by atoms with E-state index in [1.807, 2.05) is 0 Å². The number of phenolic OH excluding ortho intramolecular Hbond substituents is 1. The van der Waals surface area contributed by atoms with Crippen LogP contribution in [0.15, 0.2) is 36.4 Å². The minimum Gasteiger partial charge on any atom is -0.872 e. The number of rotatable bonds is 24. The summed E-state index contributed by atoms with van der Waals surface area (Å²) in [5, 5.41) is 41.2. The minimum absolute atomic E-state index is 0. The number of hydrogen-bond donors (Lipinski definition) is 2. The van der Waals surface area contributed by atoms with E-state index in [0.29, 0.717) is 12.0 Å². The van der Waals surface area contributed by atoms with Gasteiger partial charge in [-0.05, 0) is 55.0 Å². The Labute approximate surface area is 303 Å². The molecule has 2 aromatic rings. The zero-order chi connectivity index (χ0) is 32.4. The Kier molecular flexibility index (Phi) is 27.3. The van der Waals surface area contributed by atoms with E-state index in [9.17, 15) is 24.9 Å². The monoisotopic (exact) mass is 650 g/mol. The molecule has 2 N–H and O–H groups in total. The van der Waals surface area contributed by atoms with E-state index < -0.39 is 11.9 Å². The zero-order valence-electron chi connectivity index (χ0n) is 28.3. The number of phenols is 1. The second kappa shape index (κ2) is 28.5. The Morgan fingerprint density at radius 1 is 0.578 bits per heavy atom. The van der Waals surface area contributed by atoms with Crippen molar-refractivity contribution in [3.05, 3.63) is 58.7 Å². The molecule has 0 unspecified atom stereocenters. The number of benzene rings is 2. The Bertz CT molecular complexity index is 971. The first-order chi connectivity index (χ1) is 21.3. The topological polar surface area (TPSA) is 121 Å². The molecule has 0 heterocycles. The normalized spacial score (nSPS) is 10.5. The van der Waals surface area contributed by atoms with Crippen LogP contribution in [0.5, 0.6) is 11.5 Å². The van der Waals surface area contributed by atoms with Gasteiger partial charge in [0.2, 0.25) is 0 Å². The molecule has 0 bridgehead atoms. The van der Waals surface area contributed by atoms with Gasteiger partial charge in [0, 0.05) is 0 Å². The van der Waals surface area contributed by atoms with E-state index in [1.54, 1.807) is 6.07 Å². The second-order valence-electron chi connectivity index (χ2n) is 12.1. The van der Waals surface area contributed by atoms with Crippen LogP contribution in [0.3, 0.4) is 0 Å². The van der Waals surface area contributed by atoms with Crippen LogP contribution in [0.25, 0.3) is 0 Å². The number of unbranched alkanes of at least 4 members (excludes halogenated alkanes) is 18. The summed E-state index contributed by atoms with van der Waals surface area (Å²) in [5.41, 5.74) is 1.70. The summed E-state index contributed by atoms with van der Waals surface area (Å²) in [6.45, 7) is 4.47. The smallest absolute Gasteiger partial charge is 0.872 e. The van der Waals surface area contributed by atoms with Gasteiger partial charge in [-0.1, -0.05) is 153 Å². The van der Waals surface area contributed by atoms with E-state index in [2.05, 4.69) is 13.8 Å². The molecule has 0 aliphatic rings. The minimum atomic E-state index is -1.22. The number of carboxylic acid groups (broad SMARTS) is 2.